The maximum Gasteiger partial charge on any atom is 0.244 e. The van der Waals surface area contributed by atoms with E-state index in [-0.39, 0.29) is 24.8 Å². The van der Waals surface area contributed by atoms with Crippen molar-refractivity contribution < 1.29 is 48.7 Å². The lowest BCUT2D eigenvalue weighted by molar-refractivity contribution is -0.0469. The average Bonchev–Trinajstić information content (AvgIpc) is 3.81. The van der Waals surface area contributed by atoms with Crippen LogP contribution in [0.1, 0.15) is 18.9 Å². The maximum absolute atomic E-state index is 10.7. The van der Waals surface area contributed by atoms with Gasteiger partial charge in [-0.15, -0.1) is 0 Å². The van der Waals surface area contributed by atoms with Crippen molar-refractivity contribution in [2.45, 2.75) is 55.5 Å². The molecule has 268 valence electrons. The number of aliphatic hydroxyl groups excluding tert-OH is 4. The number of hydrogen-bond acceptors (Lipinski definition) is 20. The minimum atomic E-state index is -3.37. The fourth-order valence-corrected chi connectivity index (χ4v) is 11.8. The highest BCUT2D eigenvalue weighted by Gasteiger charge is 2.46. The molecule has 0 aliphatic carbocycles. The zero-order chi connectivity index (χ0) is 35.1. The van der Waals surface area contributed by atoms with Crippen LogP contribution in [0.15, 0.2) is 25.3 Å². The summed E-state index contributed by atoms with van der Waals surface area (Å²) >= 11 is 12.5. The molecule has 26 heteroatoms. The predicted octanol–water partition coefficient (Wildman–Crippen LogP) is -0.608. The van der Waals surface area contributed by atoms with Gasteiger partial charge in [-0.1, -0.05) is 22.8 Å². The van der Waals surface area contributed by atoms with Crippen molar-refractivity contribution in [3.63, 3.8) is 0 Å². The molecule has 0 aromatic carbocycles. The number of hydrogen-bond donors (Lipinski definition) is 8. The third kappa shape index (κ3) is 8.04. The molecule has 4 aromatic rings. The van der Waals surface area contributed by atoms with Crippen molar-refractivity contribution in [2.24, 2.45) is 0 Å². The highest BCUT2D eigenvalue weighted by Crippen LogP contribution is 2.59. The summed E-state index contributed by atoms with van der Waals surface area (Å²) in [5.41, 5.74) is 6.15. The molecule has 2 aliphatic rings. The Morgan fingerprint density at radius 3 is 1.51 bits per heavy atom. The van der Waals surface area contributed by atoms with Crippen LogP contribution >= 0.6 is 34.2 Å². The summed E-state index contributed by atoms with van der Waals surface area (Å²) < 4.78 is 25.6. The van der Waals surface area contributed by atoms with Gasteiger partial charge in [0, 0.05) is 11.5 Å². The van der Waals surface area contributed by atoms with E-state index in [0.29, 0.717) is 40.3 Å². The summed E-state index contributed by atoms with van der Waals surface area (Å²) in [4.78, 5) is 45.6. The van der Waals surface area contributed by atoms with Gasteiger partial charge in [-0.05, 0) is 30.0 Å². The van der Waals surface area contributed by atoms with Crippen LogP contribution in [0.4, 0.5) is 11.6 Å². The molecule has 0 saturated carbocycles. The number of nitrogen functional groups attached to an aromatic ring is 2. The summed E-state index contributed by atoms with van der Waals surface area (Å²) in [6, 6.07) is 0. The van der Waals surface area contributed by atoms with Crippen molar-refractivity contribution in [1.29, 1.82) is 0 Å². The SMILES string of the molecule is Nc1ncnc2c1ncn2C1OC(COP(O)(=S)SCCCSP(O)(=S)OCC2OC(n3cnc4c(N)ncnc43)C(O)C2O)C(O)C1O. The molecule has 6 rings (SSSR count). The van der Waals surface area contributed by atoms with Crippen LogP contribution in [-0.2, 0) is 42.1 Å². The lowest BCUT2D eigenvalue weighted by atomic mass is 10.1. The number of anilines is 2. The summed E-state index contributed by atoms with van der Waals surface area (Å²) in [6.07, 6.45) is -3.84. The molecule has 4 aromatic heterocycles. The van der Waals surface area contributed by atoms with Gasteiger partial charge >= 0.3 is 0 Å². The Labute approximate surface area is 295 Å². The second-order valence-electron chi connectivity index (χ2n) is 10.8. The van der Waals surface area contributed by atoms with E-state index in [9.17, 15) is 30.2 Å². The monoisotopic (exact) mass is 798 g/mol. The van der Waals surface area contributed by atoms with Crippen molar-refractivity contribution >= 4 is 91.7 Å². The molecule has 10 unspecified atom stereocenters. The normalized spacial score (nSPS) is 29.8. The van der Waals surface area contributed by atoms with E-state index in [1.165, 1.54) is 34.4 Å². The summed E-state index contributed by atoms with van der Waals surface area (Å²) in [5.74, 6) is 0.999. The van der Waals surface area contributed by atoms with Gasteiger partial charge in [-0.3, -0.25) is 9.13 Å². The molecule has 20 nitrogen and oxygen atoms in total. The smallest absolute Gasteiger partial charge is 0.244 e. The molecular weight excluding hydrogens is 767 g/mol. The first-order valence-corrected chi connectivity index (χ1v) is 22.9. The number of fused-ring (bicyclic) bond motifs is 2. The lowest BCUT2D eigenvalue weighted by Gasteiger charge is -2.20. The molecule has 2 aliphatic heterocycles. The standard InChI is InChI=1S/C23H32N10O10P2S4/c24-18-12-20(28-6-26-18)32(8-30-12)22-16(36)14(34)10(42-22)4-40-44(38,46)48-2-1-3-49-45(39,47)41-5-11-15(35)17(37)23(43-11)33-9-31-13-19(25)27-7-29-21(13)33/h6-11,14-17,22-23,34-37H,1-5H2,(H,38,46)(H,39,47)(H2,24,26,28)(H2,25,27,29). The Balaban J connectivity index is 0.918. The molecule has 0 bridgehead atoms. The van der Waals surface area contributed by atoms with Crippen LogP contribution in [-0.4, -0.2) is 131 Å². The summed E-state index contributed by atoms with van der Waals surface area (Å²) in [5, 5.41) is 42.4. The molecule has 0 radical (unpaired) electrons. The van der Waals surface area contributed by atoms with Crippen molar-refractivity contribution in [1.82, 2.24) is 39.0 Å². The van der Waals surface area contributed by atoms with Gasteiger partial charge in [0.2, 0.25) is 11.4 Å². The lowest BCUT2D eigenvalue weighted by Crippen LogP contribution is -2.33. The van der Waals surface area contributed by atoms with E-state index in [2.05, 4.69) is 29.9 Å². The molecule has 6 heterocycles. The fraction of sp³-hybridized carbons (Fsp3) is 0.565. The van der Waals surface area contributed by atoms with E-state index in [1.54, 1.807) is 0 Å². The molecule has 2 saturated heterocycles. The topological polar surface area (TPSA) is 298 Å². The number of aliphatic hydroxyl groups is 4. The summed E-state index contributed by atoms with van der Waals surface area (Å²) in [6.45, 7) is -0.578. The third-order valence-electron chi connectivity index (χ3n) is 7.60. The van der Waals surface area contributed by atoms with Gasteiger partial charge in [-0.25, -0.2) is 29.9 Å². The van der Waals surface area contributed by atoms with Crippen LogP contribution in [0.25, 0.3) is 22.3 Å². The Morgan fingerprint density at radius 1 is 0.694 bits per heavy atom. The Kier molecular flexibility index (Phi) is 11.4. The average molecular weight is 799 g/mol. The second-order valence-corrected chi connectivity index (χ2v) is 23.4. The second kappa shape index (κ2) is 15.1. The number of aromatic nitrogens is 8. The molecule has 0 spiro atoms. The Bertz CT molecular complexity index is 1760. The van der Waals surface area contributed by atoms with Crippen molar-refractivity contribution in [3.05, 3.63) is 25.3 Å². The summed E-state index contributed by atoms with van der Waals surface area (Å²) in [7, 11) is 0. The molecule has 10 N–H and O–H groups in total. The van der Waals surface area contributed by atoms with E-state index in [0.717, 1.165) is 22.8 Å². The third-order valence-corrected chi connectivity index (χ3v) is 16.4. The molecule has 49 heavy (non-hydrogen) atoms. The van der Waals surface area contributed by atoms with E-state index in [1.807, 2.05) is 0 Å². The van der Waals surface area contributed by atoms with Crippen molar-refractivity contribution in [2.75, 3.05) is 36.2 Å². The number of imidazole rings is 2. The number of nitrogens with zero attached hydrogens (tertiary/aromatic N) is 8. The Hall–Kier alpha value is -1.70. The maximum atomic E-state index is 10.7. The van der Waals surface area contributed by atoms with Gasteiger partial charge in [0.1, 0.15) is 60.3 Å². The Morgan fingerprint density at radius 2 is 1.10 bits per heavy atom. The first-order valence-electron chi connectivity index (χ1n) is 14.4. The van der Waals surface area contributed by atoms with Gasteiger partial charge in [0.15, 0.2) is 35.4 Å². The molecule has 2 fully saturated rings. The number of rotatable bonds is 14. The van der Waals surface area contributed by atoms with Gasteiger partial charge in [0.05, 0.1) is 25.9 Å². The highest BCUT2D eigenvalue weighted by atomic mass is 32.9. The zero-order valence-corrected chi connectivity index (χ0v) is 30.1. The predicted molar refractivity (Wildman–Crippen MR) is 186 cm³/mol. The van der Waals surface area contributed by atoms with E-state index < -0.39 is 60.5 Å². The van der Waals surface area contributed by atoms with Crippen LogP contribution in [0.5, 0.6) is 0 Å². The largest absolute Gasteiger partial charge is 0.387 e. The molecular formula is C23H32N10O10P2S4. The van der Waals surface area contributed by atoms with E-state index in [4.69, 9.17) is 53.6 Å². The van der Waals surface area contributed by atoms with Crippen LogP contribution < -0.4 is 11.5 Å². The quantitative estimate of drug-likeness (QED) is 0.0583. The van der Waals surface area contributed by atoms with Crippen LogP contribution in [0, 0.1) is 0 Å². The minimum Gasteiger partial charge on any atom is -0.387 e. The van der Waals surface area contributed by atoms with Gasteiger partial charge < -0.3 is 60.2 Å². The van der Waals surface area contributed by atoms with Gasteiger partial charge in [0.25, 0.3) is 0 Å². The first-order chi connectivity index (χ1) is 23.3. The number of nitrogens with two attached hydrogens (primary N) is 2. The minimum absolute atomic E-state index is 0.150. The number of ether oxygens (including phenoxy) is 2. The zero-order valence-electron chi connectivity index (χ0n) is 25.0. The van der Waals surface area contributed by atoms with Crippen LogP contribution in [0.3, 0.4) is 0 Å². The van der Waals surface area contributed by atoms with E-state index >= 15 is 0 Å². The van der Waals surface area contributed by atoms with Gasteiger partial charge in [-0.2, -0.15) is 0 Å². The van der Waals surface area contributed by atoms with Crippen LogP contribution in [0.2, 0.25) is 0 Å². The fourth-order valence-electron chi connectivity index (χ4n) is 5.13. The molecule has 0 amide bonds. The molecule has 10 atom stereocenters. The van der Waals surface area contributed by atoms with Crippen molar-refractivity contribution in [3.8, 4) is 0 Å². The highest BCUT2D eigenvalue weighted by molar-refractivity contribution is 8.68. The first kappa shape index (κ1) is 37.1.